The van der Waals surface area contributed by atoms with Crippen LogP contribution in [0, 0.1) is 0 Å². The highest BCUT2D eigenvalue weighted by atomic mass is 28.4. The maximum atomic E-state index is 11.4. The van der Waals surface area contributed by atoms with Gasteiger partial charge in [-0.25, -0.2) is 0 Å². The van der Waals surface area contributed by atoms with Crippen LogP contribution >= 0.6 is 0 Å². The summed E-state index contributed by atoms with van der Waals surface area (Å²) in [6.07, 6.45) is 1.74. The van der Waals surface area contributed by atoms with Crippen LogP contribution in [0.15, 0.2) is 0 Å². The van der Waals surface area contributed by atoms with Gasteiger partial charge in [-0.1, -0.05) is 12.8 Å². The standard InChI is InChI=1S/C18H30O12Si2/c1-13(19)25-31(26-14(2)20,27-15(3)21)11-9-7-8-10-12-32(28-16(4)22,29-17(5)23)30-18(6)24/h7-12H2,1-6H3. The zero-order valence-corrected chi connectivity index (χ0v) is 21.1. The Morgan fingerprint density at radius 3 is 0.750 bits per heavy atom. The molecule has 0 saturated carbocycles. The largest absolute Gasteiger partial charge is 0.705 e. The van der Waals surface area contributed by atoms with Crippen molar-refractivity contribution in [2.75, 3.05) is 0 Å². The fourth-order valence-corrected chi connectivity index (χ4v) is 7.64. The first-order valence-corrected chi connectivity index (χ1v) is 13.7. The lowest BCUT2D eigenvalue weighted by atomic mass is 10.2. The lowest BCUT2D eigenvalue weighted by molar-refractivity contribution is -0.151. The molecular formula is C18H30O12Si2. The lowest BCUT2D eigenvalue weighted by Gasteiger charge is -2.26. The Labute approximate surface area is 188 Å². The minimum Gasteiger partial charge on any atom is -0.455 e. The smallest absolute Gasteiger partial charge is 0.455 e. The normalized spacial score (nSPS) is 11.1. The summed E-state index contributed by atoms with van der Waals surface area (Å²) in [5.41, 5.74) is 0. The summed E-state index contributed by atoms with van der Waals surface area (Å²) < 4.78 is 30.6. The van der Waals surface area contributed by atoms with Gasteiger partial charge in [-0.05, 0) is 12.8 Å². The summed E-state index contributed by atoms with van der Waals surface area (Å²) in [5, 5.41) is 0. The van der Waals surface area contributed by atoms with Crippen LogP contribution in [0.1, 0.15) is 67.2 Å². The molecule has 0 aromatic rings. The van der Waals surface area contributed by atoms with Gasteiger partial charge in [0.05, 0.1) is 12.1 Å². The van der Waals surface area contributed by atoms with Gasteiger partial charge in [0.25, 0.3) is 35.8 Å². The Balaban J connectivity index is 5.06. The van der Waals surface area contributed by atoms with Crippen molar-refractivity contribution in [2.24, 2.45) is 0 Å². The van der Waals surface area contributed by atoms with E-state index in [4.69, 9.17) is 26.6 Å². The predicted molar refractivity (Wildman–Crippen MR) is 110 cm³/mol. The third-order valence-electron chi connectivity index (χ3n) is 3.51. The highest BCUT2D eigenvalue weighted by molar-refractivity contribution is 6.66. The van der Waals surface area contributed by atoms with Crippen molar-refractivity contribution in [3.63, 3.8) is 0 Å². The van der Waals surface area contributed by atoms with E-state index in [0.29, 0.717) is 25.7 Å². The molecule has 182 valence electrons. The van der Waals surface area contributed by atoms with Gasteiger partial charge in [-0.15, -0.1) is 0 Å². The molecule has 0 fully saturated rings. The topological polar surface area (TPSA) is 158 Å². The zero-order chi connectivity index (χ0) is 24.9. The van der Waals surface area contributed by atoms with Crippen LogP contribution < -0.4 is 0 Å². The zero-order valence-electron chi connectivity index (χ0n) is 19.1. The van der Waals surface area contributed by atoms with Crippen molar-refractivity contribution in [3.8, 4) is 0 Å². The molecule has 0 aromatic carbocycles. The number of carbonyl (C=O) groups excluding carboxylic acids is 6. The van der Waals surface area contributed by atoms with Gasteiger partial charge < -0.3 is 26.6 Å². The Morgan fingerprint density at radius 1 is 0.406 bits per heavy atom. The number of unbranched alkanes of at least 4 members (excludes halogenated alkanes) is 3. The van der Waals surface area contributed by atoms with Crippen LogP contribution in [0.3, 0.4) is 0 Å². The molecular weight excluding hydrogens is 464 g/mol. The molecule has 0 aromatic heterocycles. The van der Waals surface area contributed by atoms with E-state index in [1.165, 1.54) is 0 Å². The van der Waals surface area contributed by atoms with Crippen molar-refractivity contribution in [1.29, 1.82) is 0 Å². The van der Waals surface area contributed by atoms with Crippen LogP contribution in [-0.4, -0.2) is 53.4 Å². The molecule has 0 aliphatic rings. The molecule has 0 bridgehead atoms. The summed E-state index contributed by atoms with van der Waals surface area (Å²) >= 11 is 0. The number of rotatable bonds is 13. The molecule has 0 unspecified atom stereocenters. The van der Waals surface area contributed by atoms with Crippen LogP contribution in [0.2, 0.25) is 12.1 Å². The molecule has 12 nitrogen and oxygen atoms in total. The summed E-state index contributed by atoms with van der Waals surface area (Å²) in [6, 6.07) is 0.0400. The molecule has 0 aliphatic carbocycles. The Morgan fingerprint density at radius 2 is 0.594 bits per heavy atom. The first-order valence-electron chi connectivity index (χ1n) is 9.88. The SMILES string of the molecule is CC(=O)O[Si](CCCCCC[Si](OC(C)=O)(OC(C)=O)OC(C)=O)(OC(C)=O)OC(C)=O. The maximum Gasteiger partial charge on any atom is 0.705 e. The molecule has 0 amide bonds. The van der Waals surface area contributed by atoms with Crippen molar-refractivity contribution < 1.29 is 55.3 Å². The van der Waals surface area contributed by atoms with Gasteiger partial charge in [-0.3, -0.25) is 28.8 Å². The lowest BCUT2D eigenvalue weighted by Crippen LogP contribution is -2.49. The monoisotopic (exact) mass is 494 g/mol. The van der Waals surface area contributed by atoms with Crippen molar-refractivity contribution in [2.45, 2.75) is 79.3 Å². The molecule has 0 spiro atoms. The van der Waals surface area contributed by atoms with Gasteiger partial charge in [0, 0.05) is 41.5 Å². The minimum atomic E-state index is -3.89. The molecule has 0 atom stereocenters. The average Bonchev–Trinajstić information content (AvgIpc) is 2.53. The van der Waals surface area contributed by atoms with Gasteiger partial charge in [0.1, 0.15) is 0 Å². The van der Waals surface area contributed by atoms with Crippen molar-refractivity contribution in [1.82, 2.24) is 0 Å². The number of hydrogen-bond donors (Lipinski definition) is 0. The van der Waals surface area contributed by atoms with E-state index in [1.54, 1.807) is 0 Å². The Bertz CT molecular complexity index is 579. The molecule has 32 heavy (non-hydrogen) atoms. The van der Waals surface area contributed by atoms with Gasteiger partial charge >= 0.3 is 17.6 Å². The van der Waals surface area contributed by atoms with E-state index in [2.05, 4.69) is 0 Å². The average molecular weight is 495 g/mol. The first-order chi connectivity index (χ1) is 14.7. The fourth-order valence-electron chi connectivity index (χ4n) is 2.78. The summed E-state index contributed by atoms with van der Waals surface area (Å²) in [4.78, 5) is 68.7. The molecule has 0 rings (SSSR count). The van der Waals surface area contributed by atoms with Gasteiger partial charge in [0.2, 0.25) is 0 Å². The Kier molecular flexibility index (Phi) is 12.5. The van der Waals surface area contributed by atoms with E-state index < -0.39 is 53.4 Å². The molecule has 0 N–H and O–H groups in total. The fraction of sp³-hybridized carbons (Fsp3) is 0.667. The summed E-state index contributed by atoms with van der Waals surface area (Å²) in [5.74, 6) is -4.51. The summed E-state index contributed by atoms with van der Waals surface area (Å²) in [6.45, 7) is 6.65. The van der Waals surface area contributed by atoms with Crippen molar-refractivity contribution >= 4 is 53.4 Å². The molecule has 0 saturated heterocycles. The highest BCUT2D eigenvalue weighted by Crippen LogP contribution is 2.24. The second-order valence-corrected chi connectivity index (χ2v) is 11.8. The third-order valence-corrected chi connectivity index (χ3v) is 9.03. The second-order valence-electron chi connectivity index (χ2n) is 6.84. The highest BCUT2D eigenvalue weighted by Gasteiger charge is 2.52. The molecule has 14 heteroatoms. The van der Waals surface area contributed by atoms with E-state index in [1.807, 2.05) is 0 Å². The van der Waals surface area contributed by atoms with Crippen LogP contribution in [0.4, 0.5) is 0 Å². The summed E-state index contributed by atoms with van der Waals surface area (Å²) in [7, 11) is -7.79. The van der Waals surface area contributed by atoms with Crippen LogP contribution in [0.25, 0.3) is 0 Å². The maximum absolute atomic E-state index is 11.4. The van der Waals surface area contributed by atoms with Crippen LogP contribution in [0.5, 0.6) is 0 Å². The van der Waals surface area contributed by atoms with E-state index >= 15 is 0 Å². The Hall–Kier alpha value is -2.75. The van der Waals surface area contributed by atoms with Gasteiger partial charge in [-0.2, -0.15) is 0 Å². The van der Waals surface area contributed by atoms with Crippen LogP contribution in [-0.2, 0) is 55.3 Å². The molecule has 0 heterocycles. The third kappa shape index (κ3) is 12.8. The molecule has 0 radical (unpaired) electrons. The first kappa shape index (κ1) is 29.3. The van der Waals surface area contributed by atoms with Gasteiger partial charge in [0.15, 0.2) is 0 Å². The minimum absolute atomic E-state index is 0.0200. The van der Waals surface area contributed by atoms with E-state index in [0.717, 1.165) is 41.5 Å². The number of carbonyl (C=O) groups is 6. The van der Waals surface area contributed by atoms with E-state index in [9.17, 15) is 28.8 Å². The van der Waals surface area contributed by atoms with Crippen molar-refractivity contribution in [3.05, 3.63) is 0 Å². The molecule has 0 aliphatic heterocycles. The quantitative estimate of drug-likeness (QED) is 0.270. The van der Waals surface area contributed by atoms with E-state index in [-0.39, 0.29) is 12.1 Å². The predicted octanol–water partition coefficient (Wildman–Crippen LogP) is 1.80. The number of hydrogen-bond acceptors (Lipinski definition) is 12. The second kappa shape index (κ2) is 13.6.